The Hall–Kier alpha value is -1.59. The zero-order chi connectivity index (χ0) is 20.1. The molecule has 0 bridgehead atoms. The predicted molar refractivity (Wildman–Crippen MR) is 98.1 cm³/mol. The Morgan fingerprint density at radius 2 is 1.41 bits per heavy atom. The summed E-state index contributed by atoms with van der Waals surface area (Å²) in [6.07, 6.45) is 7.53. The number of unbranched alkanes of at least 4 members (excludes halogenated alkanes) is 10. The maximum Gasteiger partial charge on any atom is 0.417 e. The lowest BCUT2D eigenvalue weighted by Crippen LogP contribution is -2.17. The molecule has 2 nitrogen and oxygen atoms in total. The molecule has 0 saturated carbocycles. The molecule has 0 aliphatic heterocycles. The third-order valence-corrected chi connectivity index (χ3v) is 4.50. The van der Waals surface area contributed by atoms with E-state index in [9.17, 15) is 22.4 Å². The van der Waals surface area contributed by atoms with Crippen molar-refractivity contribution < 1.29 is 27.1 Å². The number of rotatable bonds is 13. The second-order valence-electron chi connectivity index (χ2n) is 6.83. The summed E-state index contributed by atoms with van der Waals surface area (Å²) in [4.78, 5) is 11.9. The van der Waals surface area contributed by atoms with Crippen LogP contribution >= 0.6 is 0 Å². The van der Waals surface area contributed by atoms with Crippen LogP contribution in [0.15, 0.2) is 18.2 Å². The number of hydrogen-bond acceptors (Lipinski definition) is 2. The quantitative estimate of drug-likeness (QED) is 0.200. The van der Waals surface area contributed by atoms with Gasteiger partial charge in [0.2, 0.25) is 0 Å². The Morgan fingerprint density at radius 3 is 1.93 bits per heavy atom. The van der Waals surface area contributed by atoms with Crippen molar-refractivity contribution in [2.24, 2.45) is 0 Å². The van der Waals surface area contributed by atoms with E-state index in [1.807, 2.05) is 0 Å². The molecule has 1 aromatic rings. The largest absolute Gasteiger partial charge is 0.462 e. The maximum absolute atomic E-state index is 13.7. The van der Waals surface area contributed by atoms with E-state index in [0.29, 0.717) is 12.5 Å². The lowest BCUT2D eigenvalue weighted by atomic mass is 10.1. The van der Waals surface area contributed by atoms with Crippen molar-refractivity contribution in [3.8, 4) is 0 Å². The van der Waals surface area contributed by atoms with Gasteiger partial charge in [-0.05, 0) is 18.6 Å². The van der Waals surface area contributed by atoms with Crippen molar-refractivity contribution in [2.75, 3.05) is 6.61 Å². The van der Waals surface area contributed by atoms with Crippen LogP contribution in [0.1, 0.15) is 93.5 Å². The molecular formula is C21H30F4O2. The van der Waals surface area contributed by atoms with E-state index in [2.05, 4.69) is 6.92 Å². The Bertz CT molecular complexity index is 556. The van der Waals surface area contributed by atoms with Crippen LogP contribution in [0.3, 0.4) is 0 Å². The molecule has 0 atom stereocenters. The summed E-state index contributed by atoms with van der Waals surface area (Å²) in [5, 5.41) is 0. The van der Waals surface area contributed by atoms with Gasteiger partial charge in [-0.15, -0.1) is 0 Å². The van der Waals surface area contributed by atoms with Gasteiger partial charge in [0.05, 0.1) is 12.2 Å². The Labute approximate surface area is 159 Å². The fourth-order valence-corrected chi connectivity index (χ4v) is 2.97. The van der Waals surface area contributed by atoms with Crippen LogP contribution in [0.25, 0.3) is 0 Å². The fraction of sp³-hybridized carbons (Fsp3) is 0.667. The van der Waals surface area contributed by atoms with Crippen LogP contribution in [0.5, 0.6) is 0 Å². The number of esters is 1. The van der Waals surface area contributed by atoms with E-state index in [1.54, 1.807) is 0 Å². The van der Waals surface area contributed by atoms with Gasteiger partial charge in [-0.3, -0.25) is 0 Å². The van der Waals surface area contributed by atoms with Crippen molar-refractivity contribution >= 4 is 5.97 Å². The van der Waals surface area contributed by atoms with E-state index in [-0.39, 0.29) is 6.61 Å². The molecule has 0 N–H and O–H groups in total. The van der Waals surface area contributed by atoms with Gasteiger partial charge < -0.3 is 4.74 Å². The monoisotopic (exact) mass is 390 g/mol. The second-order valence-corrected chi connectivity index (χ2v) is 6.83. The zero-order valence-corrected chi connectivity index (χ0v) is 16.0. The molecule has 154 valence electrons. The van der Waals surface area contributed by atoms with E-state index in [0.717, 1.165) is 31.4 Å². The highest BCUT2D eigenvalue weighted by molar-refractivity contribution is 5.91. The van der Waals surface area contributed by atoms with Crippen LogP contribution in [0, 0.1) is 5.82 Å². The minimum atomic E-state index is -4.80. The molecule has 1 aromatic carbocycles. The lowest BCUT2D eigenvalue weighted by Gasteiger charge is -2.13. The number of benzene rings is 1. The molecule has 6 heteroatoms. The Balaban J connectivity index is 2.20. The Morgan fingerprint density at radius 1 is 0.889 bits per heavy atom. The Kier molecular flexibility index (Phi) is 11.1. The first-order valence-electron chi connectivity index (χ1n) is 9.90. The van der Waals surface area contributed by atoms with Crippen molar-refractivity contribution in [2.45, 2.75) is 83.7 Å². The summed E-state index contributed by atoms with van der Waals surface area (Å²) >= 11 is 0. The van der Waals surface area contributed by atoms with Gasteiger partial charge in [0, 0.05) is 0 Å². The summed E-state index contributed by atoms with van der Waals surface area (Å²) < 4.78 is 57.2. The van der Waals surface area contributed by atoms with Crippen LogP contribution in [-0.2, 0) is 10.9 Å². The number of ether oxygens (including phenoxy) is 1. The van der Waals surface area contributed by atoms with Gasteiger partial charge in [0.1, 0.15) is 11.4 Å². The van der Waals surface area contributed by atoms with Crippen molar-refractivity contribution in [1.82, 2.24) is 0 Å². The molecule has 0 spiro atoms. The molecule has 0 heterocycles. The molecule has 1 rings (SSSR count). The summed E-state index contributed by atoms with van der Waals surface area (Å²) in [5.41, 5.74) is -2.33. The van der Waals surface area contributed by atoms with Gasteiger partial charge >= 0.3 is 12.1 Å². The molecule has 0 unspecified atom stereocenters. The van der Waals surface area contributed by atoms with Crippen LogP contribution in [0.4, 0.5) is 17.6 Å². The zero-order valence-electron chi connectivity index (χ0n) is 16.0. The first-order valence-corrected chi connectivity index (χ1v) is 9.90. The van der Waals surface area contributed by atoms with Gasteiger partial charge in [-0.2, -0.15) is 13.2 Å². The molecule has 0 saturated heterocycles. The lowest BCUT2D eigenvalue weighted by molar-refractivity contribution is -0.138. The molecule has 0 amide bonds. The molecule has 0 fully saturated rings. The third kappa shape index (κ3) is 9.25. The van der Waals surface area contributed by atoms with E-state index >= 15 is 0 Å². The van der Waals surface area contributed by atoms with Gasteiger partial charge in [-0.1, -0.05) is 77.2 Å². The molecule has 0 aromatic heterocycles. The average molecular weight is 390 g/mol. The summed E-state index contributed by atoms with van der Waals surface area (Å²) in [5.74, 6) is -2.47. The molecule has 0 aliphatic rings. The fourth-order valence-electron chi connectivity index (χ4n) is 2.97. The summed E-state index contributed by atoms with van der Waals surface area (Å²) in [6, 6.07) is 2.44. The molecule has 0 aliphatic carbocycles. The first kappa shape index (κ1) is 23.4. The highest BCUT2D eigenvalue weighted by Crippen LogP contribution is 2.33. The topological polar surface area (TPSA) is 26.3 Å². The molecular weight excluding hydrogens is 360 g/mol. The van der Waals surface area contributed by atoms with Gasteiger partial charge in [0.25, 0.3) is 0 Å². The minimum absolute atomic E-state index is 0.00147. The van der Waals surface area contributed by atoms with Gasteiger partial charge in [0.15, 0.2) is 0 Å². The number of halogens is 4. The summed E-state index contributed by atoms with van der Waals surface area (Å²) in [7, 11) is 0. The van der Waals surface area contributed by atoms with E-state index in [4.69, 9.17) is 4.74 Å². The van der Waals surface area contributed by atoms with Crippen LogP contribution in [-0.4, -0.2) is 12.6 Å². The third-order valence-electron chi connectivity index (χ3n) is 4.50. The number of carbonyl (C=O) groups excluding carboxylic acids is 1. The minimum Gasteiger partial charge on any atom is -0.462 e. The van der Waals surface area contributed by atoms with Crippen molar-refractivity contribution in [3.05, 3.63) is 35.1 Å². The number of hydrogen-bond donors (Lipinski definition) is 0. The average Bonchev–Trinajstić information content (AvgIpc) is 2.61. The first-order chi connectivity index (χ1) is 12.9. The standard InChI is InChI=1S/C21H30F4O2/c1-2-3-4-5-6-7-8-9-10-11-12-16-27-20(26)19-17(21(23,24)25)14-13-15-18(19)22/h13-15H,2-12,16H2,1H3. The number of alkyl halides is 3. The van der Waals surface area contributed by atoms with Crippen molar-refractivity contribution in [3.63, 3.8) is 0 Å². The van der Waals surface area contributed by atoms with Crippen molar-refractivity contribution in [1.29, 1.82) is 0 Å². The highest BCUT2D eigenvalue weighted by atomic mass is 19.4. The van der Waals surface area contributed by atoms with Gasteiger partial charge in [-0.25, -0.2) is 9.18 Å². The highest BCUT2D eigenvalue weighted by Gasteiger charge is 2.37. The van der Waals surface area contributed by atoms with Crippen LogP contribution in [0.2, 0.25) is 0 Å². The molecule has 0 radical (unpaired) electrons. The van der Waals surface area contributed by atoms with E-state index in [1.165, 1.54) is 44.9 Å². The van der Waals surface area contributed by atoms with Crippen LogP contribution < -0.4 is 0 Å². The second kappa shape index (κ2) is 12.7. The maximum atomic E-state index is 13.7. The normalized spacial score (nSPS) is 11.6. The summed E-state index contributed by atoms with van der Waals surface area (Å²) in [6.45, 7) is 2.20. The van der Waals surface area contributed by atoms with E-state index < -0.39 is 29.1 Å². The predicted octanol–water partition coefficient (Wildman–Crippen LogP) is 7.31. The molecule has 27 heavy (non-hydrogen) atoms. The smallest absolute Gasteiger partial charge is 0.417 e. The SMILES string of the molecule is CCCCCCCCCCCCCOC(=O)c1c(F)cccc1C(F)(F)F. The number of carbonyl (C=O) groups is 1.